The summed E-state index contributed by atoms with van der Waals surface area (Å²) in [5.41, 5.74) is 2.58. The average molecular weight is 346 g/mol. The van der Waals surface area contributed by atoms with Crippen LogP contribution in [0.4, 0.5) is 5.69 Å². The highest BCUT2D eigenvalue weighted by Crippen LogP contribution is 2.23. The van der Waals surface area contributed by atoms with Gasteiger partial charge in [0.15, 0.2) is 0 Å². The molecule has 0 bridgehead atoms. The number of likely N-dealkylation sites (tertiary alicyclic amines) is 1. The van der Waals surface area contributed by atoms with Crippen LogP contribution in [0.25, 0.3) is 0 Å². The van der Waals surface area contributed by atoms with Crippen LogP contribution in [0.2, 0.25) is 0 Å². The second-order valence-corrected chi connectivity index (χ2v) is 8.00. The minimum atomic E-state index is -0.476. The molecular formula is C20H30N2O3. The normalized spacial score (nSPS) is 19.5. The third-order valence-electron chi connectivity index (χ3n) is 4.53. The van der Waals surface area contributed by atoms with Crippen LogP contribution in [0, 0.1) is 19.8 Å². The number of amides is 1. The Morgan fingerprint density at radius 2 is 1.96 bits per heavy atom. The lowest BCUT2D eigenvalue weighted by atomic mass is 10.1. The molecule has 138 valence electrons. The summed E-state index contributed by atoms with van der Waals surface area (Å²) in [6.07, 6.45) is 0.732. The second kappa shape index (κ2) is 7.56. The lowest BCUT2D eigenvalue weighted by molar-refractivity contribution is -0.159. The van der Waals surface area contributed by atoms with Crippen LogP contribution in [0.15, 0.2) is 18.2 Å². The van der Waals surface area contributed by atoms with Crippen molar-refractivity contribution >= 4 is 17.6 Å². The van der Waals surface area contributed by atoms with Crippen molar-refractivity contribution in [1.82, 2.24) is 4.90 Å². The summed E-state index contributed by atoms with van der Waals surface area (Å²) in [5.74, 6) is -0.371. The Labute approximate surface area is 150 Å². The highest BCUT2D eigenvalue weighted by atomic mass is 16.6. The van der Waals surface area contributed by atoms with Crippen molar-refractivity contribution in [1.29, 1.82) is 0 Å². The van der Waals surface area contributed by atoms with Gasteiger partial charge in [-0.05, 0) is 66.1 Å². The zero-order valence-corrected chi connectivity index (χ0v) is 16.2. The average Bonchev–Trinajstić information content (AvgIpc) is 2.97. The van der Waals surface area contributed by atoms with Crippen molar-refractivity contribution in [3.05, 3.63) is 29.3 Å². The number of rotatable bonds is 4. The lowest BCUT2D eigenvalue weighted by Crippen LogP contribution is -2.41. The van der Waals surface area contributed by atoms with Gasteiger partial charge in [-0.1, -0.05) is 17.7 Å². The number of carbonyl (C=O) groups excluding carboxylic acids is 2. The smallest absolute Gasteiger partial charge is 0.310 e. The van der Waals surface area contributed by atoms with Crippen molar-refractivity contribution in [2.24, 2.45) is 5.92 Å². The number of carbonyl (C=O) groups is 2. The summed E-state index contributed by atoms with van der Waals surface area (Å²) in [4.78, 5) is 26.8. The van der Waals surface area contributed by atoms with Crippen LogP contribution in [0.5, 0.6) is 0 Å². The highest BCUT2D eigenvalue weighted by molar-refractivity contribution is 5.95. The number of hydrogen-bond acceptors (Lipinski definition) is 4. The standard InChI is InChI=1S/C20H30N2O3/c1-13-7-8-17(14(2)11-13)21-18(23)15(3)22-10-9-16(12-22)19(24)25-20(4,5)6/h7-8,11,15-16H,9-10,12H2,1-6H3,(H,21,23)/t15-,16-/m1/s1. The molecule has 2 rings (SSSR count). The minimum absolute atomic E-state index is 0.0446. The molecular weight excluding hydrogens is 316 g/mol. The number of anilines is 1. The van der Waals surface area contributed by atoms with Crippen LogP contribution in [-0.2, 0) is 14.3 Å². The summed E-state index contributed by atoms with van der Waals surface area (Å²) >= 11 is 0. The van der Waals surface area contributed by atoms with Crippen molar-refractivity contribution in [2.75, 3.05) is 18.4 Å². The largest absolute Gasteiger partial charge is 0.460 e. The summed E-state index contributed by atoms with van der Waals surface area (Å²) in [6, 6.07) is 5.69. The molecule has 5 nitrogen and oxygen atoms in total. The number of ether oxygens (including phenoxy) is 1. The van der Waals surface area contributed by atoms with E-state index in [0.29, 0.717) is 6.54 Å². The van der Waals surface area contributed by atoms with E-state index >= 15 is 0 Å². The first kappa shape index (κ1) is 19.4. The fraction of sp³-hybridized carbons (Fsp3) is 0.600. The quantitative estimate of drug-likeness (QED) is 0.850. The summed E-state index contributed by atoms with van der Waals surface area (Å²) in [7, 11) is 0. The molecule has 5 heteroatoms. The maximum Gasteiger partial charge on any atom is 0.310 e. The molecule has 0 aromatic heterocycles. The Morgan fingerprint density at radius 3 is 2.56 bits per heavy atom. The summed E-state index contributed by atoms with van der Waals surface area (Å²) in [6.45, 7) is 12.8. The van der Waals surface area contributed by atoms with Crippen molar-refractivity contribution in [3.63, 3.8) is 0 Å². The van der Waals surface area contributed by atoms with Gasteiger partial charge in [-0.25, -0.2) is 0 Å². The first-order valence-corrected chi connectivity index (χ1v) is 8.92. The van der Waals surface area contributed by atoms with Gasteiger partial charge in [-0.3, -0.25) is 14.5 Å². The molecule has 0 unspecified atom stereocenters. The highest BCUT2D eigenvalue weighted by Gasteiger charge is 2.35. The van der Waals surface area contributed by atoms with Gasteiger partial charge in [-0.2, -0.15) is 0 Å². The molecule has 0 spiro atoms. The van der Waals surface area contributed by atoms with E-state index in [1.807, 2.05) is 58.6 Å². The van der Waals surface area contributed by atoms with Crippen LogP contribution in [0.1, 0.15) is 45.2 Å². The van der Waals surface area contributed by atoms with E-state index in [-0.39, 0.29) is 23.8 Å². The molecule has 1 aromatic rings. The van der Waals surface area contributed by atoms with Gasteiger partial charge in [-0.15, -0.1) is 0 Å². The first-order valence-electron chi connectivity index (χ1n) is 8.92. The molecule has 25 heavy (non-hydrogen) atoms. The van der Waals surface area contributed by atoms with E-state index in [0.717, 1.165) is 24.2 Å². The van der Waals surface area contributed by atoms with Crippen LogP contribution < -0.4 is 5.32 Å². The van der Waals surface area contributed by atoms with Gasteiger partial charge >= 0.3 is 5.97 Å². The lowest BCUT2D eigenvalue weighted by Gasteiger charge is -2.25. The van der Waals surface area contributed by atoms with Gasteiger partial charge in [0.2, 0.25) is 5.91 Å². The molecule has 0 radical (unpaired) electrons. The predicted octanol–water partition coefficient (Wildman–Crippen LogP) is 3.29. The van der Waals surface area contributed by atoms with Crippen LogP contribution in [0.3, 0.4) is 0 Å². The number of esters is 1. The van der Waals surface area contributed by atoms with Crippen LogP contribution >= 0.6 is 0 Å². The summed E-state index contributed by atoms with van der Waals surface area (Å²) in [5, 5.41) is 3.00. The zero-order chi connectivity index (χ0) is 18.8. The molecule has 1 aliphatic heterocycles. The Hall–Kier alpha value is -1.88. The van der Waals surface area contributed by atoms with Crippen molar-refractivity contribution in [2.45, 2.75) is 59.6 Å². The SMILES string of the molecule is Cc1ccc(NC(=O)[C@@H](C)N2CC[C@@H](C(=O)OC(C)(C)C)C2)c(C)c1. The Kier molecular flexibility index (Phi) is 5.88. The van der Waals surface area contributed by atoms with Gasteiger partial charge in [0.25, 0.3) is 0 Å². The molecule has 1 aromatic carbocycles. The molecule has 1 saturated heterocycles. The number of aryl methyl sites for hydroxylation is 2. The van der Waals surface area contributed by atoms with E-state index in [4.69, 9.17) is 4.74 Å². The molecule has 0 aliphatic carbocycles. The maximum atomic E-state index is 12.6. The Balaban J connectivity index is 1.93. The van der Waals surface area contributed by atoms with Crippen molar-refractivity contribution < 1.29 is 14.3 Å². The van der Waals surface area contributed by atoms with Crippen molar-refractivity contribution in [3.8, 4) is 0 Å². The Bertz CT molecular complexity index is 649. The van der Waals surface area contributed by atoms with Gasteiger partial charge < -0.3 is 10.1 Å². The number of hydrogen-bond donors (Lipinski definition) is 1. The van der Waals surface area contributed by atoms with Crippen LogP contribution in [-0.4, -0.2) is 41.5 Å². The first-order chi connectivity index (χ1) is 11.6. The second-order valence-electron chi connectivity index (χ2n) is 8.00. The summed E-state index contributed by atoms with van der Waals surface area (Å²) < 4.78 is 5.47. The Morgan fingerprint density at radius 1 is 1.28 bits per heavy atom. The molecule has 2 atom stereocenters. The van der Waals surface area contributed by atoms with Gasteiger partial charge in [0, 0.05) is 12.2 Å². The molecule has 0 saturated carbocycles. The van der Waals surface area contributed by atoms with Gasteiger partial charge in [0.05, 0.1) is 12.0 Å². The molecule has 1 heterocycles. The maximum absolute atomic E-state index is 12.6. The molecule has 1 N–H and O–H groups in total. The monoisotopic (exact) mass is 346 g/mol. The number of benzene rings is 1. The fourth-order valence-electron chi connectivity index (χ4n) is 3.07. The predicted molar refractivity (Wildman–Crippen MR) is 99.5 cm³/mol. The molecule has 1 aliphatic rings. The van der Waals surface area contributed by atoms with E-state index in [9.17, 15) is 9.59 Å². The topological polar surface area (TPSA) is 58.6 Å². The van der Waals surface area contributed by atoms with Gasteiger partial charge in [0.1, 0.15) is 5.60 Å². The molecule has 1 amide bonds. The number of nitrogens with zero attached hydrogens (tertiary/aromatic N) is 1. The van der Waals surface area contributed by atoms with E-state index in [2.05, 4.69) is 11.4 Å². The fourth-order valence-corrected chi connectivity index (χ4v) is 3.07. The van der Waals surface area contributed by atoms with E-state index in [1.165, 1.54) is 5.56 Å². The third-order valence-corrected chi connectivity index (χ3v) is 4.53. The molecule has 1 fully saturated rings. The van der Waals surface area contributed by atoms with E-state index < -0.39 is 5.60 Å². The number of nitrogens with one attached hydrogen (secondary N) is 1. The zero-order valence-electron chi connectivity index (χ0n) is 16.2. The third kappa shape index (κ3) is 5.30. The minimum Gasteiger partial charge on any atom is -0.460 e. The van der Waals surface area contributed by atoms with E-state index in [1.54, 1.807) is 0 Å².